The summed E-state index contributed by atoms with van der Waals surface area (Å²) in [6, 6.07) is 1.63. The van der Waals surface area contributed by atoms with E-state index in [2.05, 4.69) is 10.4 Å². The predicted octanol–water partition coefficient (Wildman–Crippen LogP) is -0.860. The number of aliphatic hydroxyl groups excluding tert-OH is 1. The molecule has 1 aromatic rings. The Balaban J connectivity index is 1.83. The smallest absolute Gasteiger partial charge is 0.242 e. The van der Waals surface area contributed by atoms with Crippen LogP contribution in [0.3, 0.4) is 0 Å². The second-order valence-corrected chi connectivity index (χ2v) is 6.64. The van der Waals surface area contributed by atoms with Crippen LogP contribution < -0.4 is 5.32 Å². The third-order valence-electron chi connectivity index (χ3n) is 4.27. The Morgan fingerprint density at radius 3 is 2.62 bits per heavy atom. The van der Waals surface area contributed by atoms with Gasteiger partial charge in [0.25, 0.3) is 0 Å². The van der Waals surface area contributed by atoms with E-state index in [4.69, 9.17) is 0 Å². The zero-order valence-electron chi connectivity index (χ0n) is 14.8. The van der Waals surface area contributed by atoms with E-state index >= 15 is 0 Å². The molecule has 8 heteroatoms. The maximum absolute atomic E-state index is 12.2. The minimum absolute atomic E-state index is 0.00853. The molecular weight excluding hydrogens is 310 g/mol. The second-order valence-electron chi connectivity index (χ2n) is 6.64. The lowest BCUT2D eigenvalue weighted by atomic mass is 10.0. The summed E-state index contributed by atoms with van der Waals surface area (Å²) >= 11 is 0. The van der Waals surface area contributed by atoms with E-state index in [1.165, 1.54) is 4.90 Å². The molecule has 0 aliphatic carbocycles. The summed E-state index contributed by atoms with van der Waals surface area (Å²) in [5.41, 5.74) is 1.81. The maximum Gasteiger partial charge on any atom is 0.242 e. The van der Waals surface area contributed by atoms with Gasteiger partial charge in [-0.1, -0.05) is 0 Å². The summed E-state index contributed by atoms with van der Waals surface area (Å²) in [7, 11) is 3.43. The summed E-state index contributed by atoms with van der Waals surface area (Å²) in [5, 5.41) is 17.4. The van der Waals surface area contributed by atoms with E-state index in [0.29, 0.717) is 19.5 Å². The van der Waals surface area contributed by atoms with Crippen LogP contribution in [0, 0.1) is 13.8 Å². The van der Waals surface area contributed by atoms with Crippen LogP contribution >= 0.6 is 0 Å². The molecule has 1 aliphatic rings. The molecule has 0 bridgehead atoms. The van der Waals surface area contributed by atoms with Crippen molar-refractivity contribution < 1.29 is 14.7 Å². The minimum Gasteiger partial charge on any atom is -0.390 e. The average molecular weight is 337 g/mol. The van der Waals surface area contributed by atoms with Crippen molar-refractivity contribution in [2.45, 2.75) is 39.0 Å². The fourth-order valence-corrected chi connectivity index (χ4v) is 2.87. The van der Waals surface area contributed by atoms with Gasteiger partial charge in [-0.25, -0.2) is 0 Å². The van der Waals surface area contributed by atoms with Crippen molar-refractivity contribution >= 4 is 11.8 Å². The number of aryl methyl sites for hydroxylation is 2. The molecule has 0 saturated carbocycles. The molecule has 1 fully saturated rings. The van der Waals surface area contributed by atoms with Crippen LogP contribution in [0.5, 0.6) is 0 Å². The summed E-state index contributed by atoms with van der Waals surface area (Å²) in [5.74, 6) is -0.155. The number of piperidine rings is 1. The molecule has 2 N–H and O–H groups in total. The monoisotopic (exact) mass is 337 g/mol. The van der Waals surface area contributed by atoms with Gasteiger partial charge in [-0.3, -0.25) is 19.2 Å². The number of β-amino-alcohol motifs (C(OH)–C–C–N with tert-alkyl or cyclic N) is 1. The Hall–Kier alpha value is -1.93. The highest BCUT2D eigenvalue weighted by Gasteiger charge is 2.30. The molecule has 134 valence electrons. The number of hydrogen-bond donors (Lipinski definition) is 2. The summed E-state index contributed by atoms with van der Waals surface area (Å²) in [4.78, 5) is 27.4. The number of rotatable bonds is 5. The number of likely N-dealkylation sites (N-methyl/N-ethyl adjacent to an activating group) is 1. The Morgan fingerprint density at radius 2 is 2.08 bits per heavy atom. The maximum atomic E-state index is 12.2. The number of aliphatic hydroxyl groups is 1. The fraction of sp³-hybridized carbons (Fsp3) is 0.688. The molecule has 2 atom stereocenters. The van der Waals surface area contributed by atoms with Crippen LogP contribution in [-0.4, -0.2) is 82.4 Å². The molecule has 8 nitrogen and oxygen atoms in total. The van der Waals surface area contributed by atoms with E-state index in [1.807, 2.05) is 24.8 Å². The highest BCUT2D eigenvalue weighted by molar-refractivity contribution is 5.77. The number of nitrogens with zero attached hydrogens (tertiary/aromatic N) is 4. The number of nitrogens with one attached hydrogen (secondary N) is 1. The van der Waals surface area contributed by atoms with Crippen molar-refractivity contribution in [1.29, 1.82) is 0 Å². The van der Waals surface area contributed by atoms with Gasteiger partial charge in [-0.05, 0) is 26.3 Å². The van der Waals surface area contributed by atoms with Crippen LogP contribution in [0.25, 0.3) is 0 Å². The highest BCUT2D eigenvalue weighted by Crippen LogP contribution is 2.11. The molecule has 1 saturated heterocycles. The van der Waals surface area contributed by atoms with Gasteiger partial charge < -0.3 is 15.3 Å². The molecule has 1 aliphatic heterocycles. The van der Waals surface area contributed by atoms with Crippen molar-refractivity contribution in [3.05, 3.63) is 17.5 Å². The summed E-state index contributed by atoms with van der Waals surface area (Å²) in [6.45, 7) is 5.27. The van der Waals surface area contributed by atoms with Crippen LogP contribution in [-0.2, 0) is 16.1 Å². The van der Waals surface area contributed by atoms with Crippen molar-refractivity contribution in [2.24, 2.45) is 0 Å². The van der Waals surface area contributed by atoms with Crippen LogP contribution in [0.15, 0.2) is 6.07 Å². The quantitative estimate of drug-likeness (QED) is 0.730. The SMILES string of the molecule is Cc1cc(C)n(CC(=O)N[C@@H]2CCN(CC(=O)N(C)C)C[C@H]2O)n1. The highest BCUT2D eigenvalue weighted by atomic mass is 16.3. The zero-order chi connectivity index (χ0) is 17.9. The van der Waals surface area contributed by atoms with Crippen LogP contribution in [0.1, 0.15) is 17.8 Å². The van der Waals surface area contributed by atoms with Crippen LogP contribution in [0.4, 0.5) is 0 Å². The third-order valence-corrected chi connectivity index (χ3v) is 4.27. The normalized spacial score (nSPS) is 21.5. The first-order valence-corrected chi connectivity index (χ1v) is 8.17. The first-order chi connectivity index (χ1) is 11.3. The molecule has 0 spiro atoms. The molecule has 2 rings (SSSR count). The second kappa shape index (κ2) is 7.76. The number of aromatic nitrogens is 2. The van der Waals surface area contributed by atoms with Crippen molar-refractivity contribution in [2.75, 3.05) is 33.7 Å². The van der Waals surface area contributed by atoms with Crippen LogP contribution in [0.2, 0.25) is 0 Å². The molecule has 2 heterocycles. The predicted molar refractivity (Wildman–Crippen MR) is 89.4 cm³/mol. The molecule has 0 radical (unpaired) electrons. The number of carbonyl (C=O) groups excluding carboxylic acids is 2. The Morgan fingerprint density at radius 1 is 1.38 bits per heavy atom. The molecule has 1 aromatic heterocycles. The van der Waals surface area contributed by atoms with Gasteiger partial charge >= 0.3 is 0 Å². The lowest BCUT2D eigenvalue weighted by Crippen LogP contribution is -2.55. The Kier molecular flexibility index (Phi) is 5.95. The van der Waals surface area contributed by atoms with Gasteiger partial charge in [0.2, 0.25) is 11.8 Å². The fourth-order valence-electron chi connectivity index (χ4n) is 2.87. The van der Waals surface area contributed by atoms with Gasteiger partial charge in [-0.15, -0.1) is 0 Å². The number of carbonyl (C=O) groups is 2. The molecule has 0 unspecified atom stereocenters. The topological polar surface area (TPSA) is 90.7 Å². The van der Waals surface area contributed by atoms with E-state index in [-0.39, 0.29) is 30.9 Å². The lowest BCUT2D eigenvalue weighted by molar-refractivity contribution is -0.131. The number of amides is 2. The Labute approximate surface area is 142 Å². The largest absolute Gasteiger partial charge is 0.390 e. The third kappa shape index (κ3) is 4.78. The minimum atomic E-state index is -0.682. The molecule has 2 amide bonds. The number of likely N-dealkylation sites (tertiary alicyclic amines) is 1. The number of hydrogen-bond acceptors (Lipinski definition) is 5. The van der Waals surface area contributed by atoms with E-state index < -0.39 is 6.10 Å². The summed E-state index contributed by atoms with van der Waals surface area (Å²) in [6.07, 6.45) is -0.0665. The van der Waals surface area contributed by atoms with E-state index in [9.17, 15) is 14.7 Å². The first kappa shape index (κ1) is 18.4. The Bertz CT molecular complexity index is 599. The van der Waals surface area contributed by atoms with Crippen molar-refractivity contribution in [1.82, 2.24) is 24.9 Å². The van der Waals surface area contributed by atoms with E-state index in [1.54, 1.807) is 18.8 Å². The van der Waals surface area contributed by atoms with E-state index in [0.717, 1.165) is 11.4 Å². The standard InChI is InChI=1S/C16H27N5O3/c1-11-7-12(2)21(18-11)9-15(23)17-13-5-6-20(8-14(13)22)10-16(24)19(3)4/h7,13-14,22H,5-6,8-10H2,1-4H3,(H,17,23)/t13-,14-/m1/s1. The molecular formula is C16H27N5O3. The average Bonchev–Trinajstić information content (AvgIpc) is 2.79. The summed E-state index contributed by atoms with van der Waals surface area (Å²) < 4.78 is 1.65. The van der Waals surface area contributed by atoms with Gasteiger partial charge in [0.15, 0.2) is 0 Å². The van der Waals surface area contributed by atoms with Crippen molar-refractivity contribution in [3.63, 3.8) is 0 Å². The molecule has 0 aromatic carbocycles. The molecule has 24 heavy (non-hydrogen) atoms. The van der Waals surface area contributed by atoms with Gasteiger partial charge in [0, 0.05) is 32.9 Å². The lowest BCUT2D eigenvalue weighted by Gasteiger charge is -2.36. The van der Waals surface area contributed by atoms with Gasteiger partial charge in [-0.2, -0.15) is 5.10 Å². The van der Waals surface area contributed by atoms with Gasteiger partial charge in [0.05, 0.1) is 24.4 Å². The van der Waals surface area contributed by atoms with Crippen molar-refractivity contribution in [3.8, 4) is 0 Å². The first-order valence-electron chi connectivity index (χ1n) is 8.17. The zero-order valence-corrected chi connectivity index (χ0v) is 14.8. The van der Waals surface area contributed by atoms with Gasteiger partial charge in [0.1, 0.15) is 6.54 Å².